The summed E-state index contributed by atoms with van der Waals surface area (Å²) in [7, 11) is 0. The second kappa shape index (κ2) is 11.5. The molecule has 0 aliphatic rings. The third-order valence-corrected chi connectivity index (χ3v) is 5.16. The Morgan fingerprint density at radius 3 is 2.47 bits per heavy atom. The van der Waals surface area contributed by atoms with Crippen LogP contribution in [0.4, 0.5) is 0 Å². The highest BCUT2D eigenvalue weighted by atomic mass is 16.5. The van der Waals surface area contributed by atoms with Gasteiger partial charge in [-0.3, -0.25) is 4.79 Å². The minimum atomic E-state index is -0.644. The van der Waals surface area contributed by atoms with Crippen molar-refractivity contribution in [2.75, 3.05) is 19.6 Å². The molecule has 0 fully saturated rings. The number of rotatable bonds is 12. The molecule has 0 aliphatic carbocycles. The maximum absolute atomic E-state index is 13.1. The number of ketones is 1. The Kier molecular flexibility index (Phi) is 8.39. The molecule has 0 aliphatic heterocycles. The van der Waals surface area contributed by atoms with Gasteiger partial charge in [0.1, 0.15) is 5.75 Å². The van der Waals surface area contributed by atoms with E-state index in [2.05, 4.69) is 23.5 Å². The summed E-state index contributed by atoms with van der Waals surface area (Å²) in [6, 6.07) is 23.4. The van der Waals surface area contributed by atoms with E-state index in [1.807, 2.05) is 54.6 Å². The maximum atomic E-state index is 13.1. The molecule has 3 aromatic carbocycles. The van der Waals surface area contributed by atoms with Gasteiger partial charge in [-0.25, -0.2) is 0 Å². The highest BCUT2D eigenvalue weighted by molar-refractivity contribution is 5.89. The highest BCUT2D eigenvalue weighted by Gasteiger charge is 2.26. The van der Waals surface area contributed by atoms with Gasteiger partial charge in [0.15, 0.2) is 11.9 Å². The number of nitrogens with one attached hydrogen (secondary N) is 1. The molecule has 3 rings (SSSR count). The first-order valence-electron chi connectivity index (χ1n) is 10.6. The van der Waals surface area contributed by atoms with Crippen LogP contribution in [0.25, 0.3) is 10.8 Å². The number of benzene rings is 3. The number of aryl methyl sites for hydroxylation is 1. The Morgan fingerprint density at radius 1 is 0.967 bits per heavy atom. The summed E-state index contributed by atoms with van der Waals surface area (Å²) in [6.45, 7) is 1.75. The van der Waals surface area contributed by atoms with Gasteiger partial charge in [0, 0.05) is 6.54 Å². The molecule has 0 aromatic heterocycles. The van der Waals surface area contributed by atoms with Gasteiger partial charge in [-0.15, -0.1) is 0 Å². The lowest BCUT2D eigenvalue weighted by molar-refractivity contribution is -0.127. The molecule has 0 radical (unpaired) electrons. The molecule has 0 saturated heterocycles. The normalized spacial score (nSPS) is 13.1. The Labute approximate surface area is 178 Å². The fourth-order valence-corrected chi connectivity index (χ4v) is 3.41. The summed E-state index contributed by atoms with van der Waals surface area (Å²) in [5.74, 6) is 0.585. The summed E-state index contributed by atoms with van der Waals surface area (Å²) in [4.78, 5) is 13.1. The fraction of sp³-hybridized carbons (Fsp3) is 0.320. The molecule has 2 atom stereocenters. The van der Waals surface area contributed by atoms with Crippen molar-refractivity contribution in [1.29, 1.82) is 0 Å². The first-order valence-corrected chi connectivity index (χ1v) is 10.6. The molecule has 1 unspecified atom stereocenters. The van der Waals surface area contributed by atoms with Crippen molar-refractivity contribution in [2.24, 2.45) is 11.5 Å². The topological polar surface area (TPSA) is 90.4 Å². The average Bonchev–Trinajstić information content (AvgIpc) is 2.79. The van der Waals surface area contributed by atoms with Crippen molar-refractivity contribution >= 4 is 16.6 Å². The van der Waals surface area contributed by atoms with Gasteiger partial charge in [0.25, 0.3) is 0 Å². The minimum absolute atomic E-state index is 0.0839. The number of Topliss-reactive ketones (excluding diaryl/α,β-unsaturated/α-hetero) is 1. The van der Waals surface area contributed by atoms with Gasteiger partial charge in [-0.1, -0.05) is 60.7 Å². The van der Waals surface area contributed by atoms with Gasteiger partial charge in [-0.05, 0) is 60.8 Å². The lowest BCUT2D eigenvalue weighted by Crippen LogP contribution is -2.47. The van der Waals surface area contributed by atoms with Crippen LogP contribution in [0.1, 0.15) is 18.4 Å². The third-order valence-electron chi connectivity index (χ3n) is 5.16. The molecule has 5 heteroatoms. The number of nitrogens with two attached hydrogens (primary N) is 2. The molecule has 158 valence electrons. The van der Waals surface area contributed by atoms with Crippen LogP contribution in [-0.4, -0.2) is 37.6 Å². The van der Waals surface area contributed by atoms with Crippen LogP contribution in [0, 0.1) is 0 Å². The SMILES string of the molecule is NCCCNCC(Oc1ccc2ccccc2c1)C(=O)[C@@H](N)CCc1ccccc1. The van der Waals surface area contributed by atoms with E-state index < -0.39 is 12.1 Å². The molecule has 0 heterocycles. The minimum Gasteiger partial charge on any atom is -0.481 e. The molecule has 30 heavy (non-hydrogen) atoms. The van der Waals surface area contributed by atoms with Gasteiger partial charge < -0.3 is 21.5 Å². The Hall–Kier alpha value is -2.73. The zero-order valence-corrected chi connectivity index (χ0v) is 17.3. The Morgan fingerprint density at radius 2 is 1.70 bits per heavy atom. The molecule has 5 N–H and O–H groups in total. The van der Waals surface area contributed by atoms with Crippen molar-refractivity contribution in [3.63, 3.8) is 0 Å². The Balaban J connectivity index is 1.67. The lowest BCUT2D eigenvalue weighted by Gasteiger charge is -2.22. The van der Waals surface area contributed by atoms with E-state index in [0.29, 0.717) is 25.3 Å². The predicted octanol–water partition coefficient (Wildman–Crippen LogP) is 3.05. The zero-order chi connectivity index (χ0) is 21.2. The van der Waals surface area contributed by atoms with E-state index in [9.17, 15) is 4.79 Å². The smallest absolute Gasteiger partial charge is 0.191 e. The van der Waals surface area contributed by atoms with Crippen molar-refractivity contribution in [1.82, 2.24) is 5.32 Å². The first-order chi connectivity index (χ1) is 14.7. The van der Waals surface area contributed by atoms with Crippen molar-refractivity contribution < 1.29 is 9.53 Å². The molecule has 3 aromatic rings. The van der Waals surface area contributed by atoms with Crippen LogP contribution < -0.4 is 21.5 Å². The summed E-state index contributed by atoms with van der Waals surface area (Å²) >= 11 is 0. The molecule has 0 bridgehead atoms. The highest BCUT2D eigenvalue weighted by Crippen LogP contribution is 2.22. The number of carbonyl (C=O) groups is 1. The van der Waals surface area contributed by atoms with Crippen LogP contribution >= 0.6 is 0 Å². The van der Waals surface area contributed by atoms with Gasteiger partial charge >= 0.3 is 0 Å². The van der Waals surface area contributed by atoms with Crippen molar-refractivity contribution in [3.05, 3.63) is 78.4 Å². The van der Waals surface area contributed by atoms with Crippen LogP contribution in [0.5, 0.6) is 5.75 Å². The van der Waals surface area contributed by atoms with E-state index in [1.165, 1.54) is 5.56 Å². The molecule has 0 amide bonds. The molecular weight excluding hydrogens is 374 g/mol. The summed E-state index contributed by atoms with van der Waals surface area (Å²) in [5.41, 5.74) is 13.0. The fourth-order valence-electron chi connectivity index (χ4n) is 3.41. The lowest BCUT2D eigenvalue weighted by atomic mass is 10.00. The number of ether oxygens (including phenoxy) is 1. The molecular formula is C25H31N3O2. The van der Waals surface area contributed by atoms with Crippen LogP contribution in [0.15, 0.2) is 72.8 Å². The van der Waals surface area contributed by atoms with Crippen molar-refractivity contribution in [3.8, 4) is 5.75 Å². The van der Waals surface area contributed by atoms with E-state index in [0.717, 1.165) is 30.2 Å². The number of hydrogen-bond donors (Lipinski definition) is 3. The van der Waals surface area contributed by atoms with Crippen LogP contribution in [-0.2, 0) is 11.2 Å². The van der Waals surface area contributed by atoms with Gasteiger partial charge in [0.05, 0.1) is 6.04 Å². The molecule has 0 spiro atoms. The Bertz CT molecular complexity index is 930. The van der Waals surface area contributed by atoms with Crippen LogP contribution in [0.2, 0.25) is 0 Å². The second-order valence-corrected chi connectivity index (χ2v) is 7.49. The summed E-state index contributed by atoms with van der Waals surface area (Å²) in [5, 5.41) is 5.48. The average molecular weight is 406 g/mol. The van der Waals surface area contributed by atoms with Gasteiger partial charge in [-0.2, -0.15) is 0 Å². The van der Waals surface area contributed by atoms with E-state index >= 15 is 0 Å². The summed E-state index contributed by atoms with van der Waals surface area (Å²) < 4.78 is 6.11. The van der Waals surface area contributed by atoms with Crippen molar-refractivity contribution in [2.45, 2.75) is 31.4 Å². The van der Waals surface area contributed by atoms with E-state index in [4.69, 9.17) is 16.2 Å². The van der Waals surface area contributed by atoms with E-state index in [1.54, 1.807) is 0 Å². The number of fused-ring (bicyclic) bond motifs is 1. The second-order valence-electron chi connectivity index (χ2n) is 7.49. The molecule has 0 saturated carbocycles. The first kappa shape index (κ1) is 22.0. The van der Waals surface area contributed by atoms with Crippen LogP contribution in [0.3, 0.4) is 0 Å². The number of carbonyl (C=O) groups excluding carboxylic acids is 1. The zero-order valence-electron chi connectivity index (χ0n) is 17.3. The molecule has 5 nitrogen and oxygen atoms in total. The maximum Gasteiger partial charge on any atom is 0.191 e. The quantitative estimate of drug-likeness (QED) is 0.403. The predicted molar refractivity (Wildman–Crippen MR) is 123 cm³/mol. The summed E-state index contributed by atoms with van der Waals surface area (Å²) in [6.07, 6.45) is 1.55. The largest absolute Gasteiger partial charge is 0.481 e. The standard InChI is InChI=1S/C25H31N3O2/c26-15-6-16-28-18-24(25(29)23(27)14-11-19-7-2-1-3-8-19)30-22-13-12-20-9-4-5-10-21(20)17-22/h1-5,7-10,12-13,17,23-24,28H,6,11,14-16,18,26-27H2/t23-,24?/m0/s1. The van der Waals surface area contributed by atoms with Gasteiger partial charge in [0.2, 0.25) is 0 Å². The number of hydrogen-bond acceptors (Lipinski definition) is 5. The monoisotopic (exact) mass is 405 g/mol. The third kappa shape index (κ3) is 6.39. The van der Waals surface area contributed by atoms with E-state index in [-0.39, 0.29) is 5.78 Å².